The maximum atomic E-state index is 13.4. The van der Waals surface area contributed by atoms with Crippen LogP contribution in [0.25, 0.3) is 28.1 Å². The largest absolute Gasteiger partial charge is 0.496 e. The number of amides is 1. The van der Waals surface area contributed by atoms with E-state index in [1.807, 2.05) is 12.1 Å². The lowest BCUT2D eigenvalue weighted by atomic mass is 10.0. The van der Waals surface area contributed by atoms with E-state index in [-0.39, 0.29) is 11.6 Å². The highest BCUT2D eigenvalue weighted by Crippen LogP contribution is 2.36. The lowest BCUT2D eigenvalue weighted by Gasteiger charge is -2.15. The zero-order valence-corrected chi connectivity index (χ0v) is 21.3. The topological polar surface area (TPSA) is 153 Å². The second-order valence-electron chi connectivity index (χ2n) is 8.94. The van der Waals surface area contributed by atoms with Crippen LogP contribution in [-0.2, 0) is 6.42 Å². The van der Waals surface area contributed by atoms with Crippen LogP contribution in [0, 0.1) is 0 Å². The molecule has 12 nitrogen and oxygen atoms in total. The Morgan fingerprint density at radius 1 is 1.18 bits per heavy atom. The first kappa shape index (κ1) is 24.4. The number of aromatic nitrogens is 7. The number of fused-ring (bicyclic) bond motifs is 1. The minimum absolute atomic E-state index is 0.160. The van der Waals surface area contributed by atoms with Crippen molar-refractivity contribution in [3.8, 4) is 33.8 Å². The number of benzene rings is 2. The molecule has 39 heavy (non-hydrogen) atoms. The summed E-state index contributed by atoms with van der Waals surface area (Å²) in [5.41, 5.74) is 4.68. The summed E-state index contributed by atoms with van der Waals surface area (Å²) in [7, 11) is 1.51. The van der Waals surface area contributed by atoms with E-state index in [2.05, 4.69) is 30.8 Å². The van der Waals surface area contributed by atoms with Crippen molar-refractivity contribution in [3.63, 3.8) is 0 Å². The molecule has 5 aromatic rings. The van der Waals surface area contributed by atoms with Crippen molar-refractivity contribution >= 4 is 23.4 Å². The molecule has 1 amide bonds. The van der Waals surface area contributed by atoms with Gasteiger partial charge in [0.05, 0.1) is 30.7 Å². The number of hydrogen-bond donors (Lipinski definition) is 3. The SMILES string of the molecule is COc1cc(NC(=O)O)ccc1-c1cnc([C@@H]2CCc3cc(-c4cc(Cl)ccc4-n4cnnn4)cc(=O)n32)[nH]1. The highest BCUT2D eigenvalue weighted by atomic mass is 35.5. The number of rotatable bonds is 6. The lowest BCUT2D eigenvalue weighted by Crippen LogP contribution is -2.23. The monoisotopic (exact) mass is 544 g/mol. The molecule has 13 heteroatoms. The quantitative estimate of drug-likeness (QED) is 0.288. The van der Waals surface area contributed by atoms with Crippen molar-refractivity contribution in [1.82, 2.24) is 34.7 Å². The second-order valence-corrected chi connectivity index (χ2v) is 9.38. The minimum atomic E-state index is -1.16. The number of hydrogen-bond acceptors (Lipinski definition) is 7. The highest BCUT2D eigenvalue weighted by Gasteiger charge is 2.28. The number of carbonyl (C=O) groups is 1. The molecule has 1 aliphatic heterocycles. The number of methoxy groups -OCH3 is 1. The van der Waals surface area contributed by atoms with Crippen molar-refractivity contribution in [2.75, 3.05) is 12.4 Å². The van der Waals surface area contributed by atoms with Gasteiger partial charge in [-0.2, -0.15) is 4.68 Å². The Bertz CT molecular complexity index is 1760. The van der Waals surface area contributed by atoms with Gasteiger partial charge >= 0.3 is 6.09 Å². The fourth-order valence-corrected chi connectivity index (χ4v) is 5.15. The van der Waals surface area contributed by atoms with Crippen LogP contribution in [0.1, 0.15) is 24.0 Å². The van der Waals surface area contributed by atoms with E-state index in [9.17, 15) is 9.59 Å². The van der Waals surface area contributed by atoms with Crippen LogP contribution >= 0.6 is 11.6 Å². The standard InChI is InChI=1S/C26H21ClN8O4/c1-39-23-11-16(30-26(37)38)3-5-18(23)20-12-28-25(31-20)22-7-4-17-8-14(9-24(36)35(17)22)19-10-15(27)2-6-21(19)34-13-29-32-33-34/h2-3,5-6,8-13,22,30H,4,7H2,1H3,(H,28,31)(H,37,38)/t22-/m0/s1. The first-order valence-corrected chi connectivity index (χ1v) is 12.3. The Labute approximate surface area is 225 Å². The van der Waals surface area contributed by atoms with E-state index in [0.29, 0.717) is 52.1 Å². The summed E-state index contributed by atoms with van der Waals surface area (Å²) in [5, 5.41) is 23.2. The molecule has 1 aliphatic rings. The lowest BCUT2D eigenvalue weighted by molar-refractivity contribution is 0.209. The van der Waals surface area contributed by atoms with Gasteiger partial charge < -0.3 is 19.4 Å². The van der Waals surface area contributed by atoms with Crippen molar-refractivity contribution in [1.29, 1.82) is 0 Å². The van der Waals surface area contributed by atoms with Gasteiger partial charge in [-0.05, 0) is 65.2 Å². The summed E-state index contributed by atoms with van der Waals surface area (Å²) in [5.74, 6) is 1.12. The predicted molar refractivity (Wildman–Crippen MR) is 143 cm³/mol. The molecule has 0 aliphatic carbocycles. The number of imidazole rings is 1. The highest BCUT2D eigenvalue weighted by molar-refractivity contribution is 6.31. The maximum absolute atomic E-state index is 13.4. The first-order chi connectivity index (χ1) is 18.9. The zero-order chi connectivity index (χ0) is 27.1. The van der Waals surface area contributed by atoms with Crippen LogP contribution in [0.3, 0.4) is 0 Å². The zero-order valence-electron chi connectivity index (χ0n) is 20.5. The molecule has 3 N–H and O–H groups in total. The molecule has 0 unspecified atom stereocenters. The number of aryl methyl sites for hydroxylation is 1. The Kier molecular flexibility index (Phi) is 6.08. The second kappa shape index (κ2) is 9.72. The van der Waals surface area contributed by atoms with Gasteiger partial charge in [0.2, 0.25) is 0 Å². The number of tetrazole rings is 1. The van der Waals surface area contributed by atoms with Gasteiger partial charge in [0.1, 0.15) is 17.9 Å². The summed E-state index contributed by atoms with van der Waals surface area (Å²) in [4.78, 5) is 32.3. The number of carboxylic acid groups (broad SMARTS) is 1. The summed E-state index contributed by atoms with van der Waals surface area (Å²) in [6.45, 7) is 0. The Hall–Kier alpha value is -4.97. The van der Waals surface area contributed by atoms with Gasteiger partial charge in [-0.1, -0.05) is 11.6 Å². The van der Waals surface area contributed by atoms with Crippen molar-refractivity contribution in [2.45, 2.75) is 18.9 Å². The fourth-order valence-electron chi connectivity index (χ4n) is 4.98. The summed E-state index contributed by atoms with van der Waals surface area (Å²) < 4.78 is 8.76. The van der Waals surface area contributed by atoms with Crippen molar-refractivity contribution in [3.05, 3.63) is 87.9 Å². The van der Waals surface area contributed by atoms with Gasteiger partial charge in [-0.15, -0.1) is 5.10 Å². The third-order valence-corrected chi connectivity index (χ3v) is 6.89. The first-order valence-electron chi connectivity index (χ1n) is 11.9. The fraction of sp³-hybridized carbons (Fsp3) is 0.154. The van der Waals surface area contributed by atoms with E-state index in [1.54, 1.807) is 47.2 Å². The average molecular weight is 545 g/mol. The third-order valence-electron chi connectivity index (χ3n) is 6.65. The van der Waals surface area contributed by atoms with Gasteiger partial charge in [0, 0.05) is 39.7 Å². The van der Waals surface area contributed by atoms with Gasteiger partial charge in [-0.3, -0.25) is 10.1 Å². The molecule has 6 rings (SSSR count). The van der Waals surface area contributed by atoms with E-state index >= 15 is 0 Å². The molecule has 196 valence electrons. The van der Waals surface area contributed by atoms with Crippen LogP contribution in [0.2, 0.25) is 5.02 Å². The predicted octanol–water partition coefficient (Wildman–Crippen LogP) is 4.17. The Morgan fingerprint density at radius 2 is 2.05 bits per heavy atom. The molecule has 3 aromatic heterocycles. The van der Waals surface area contributed by atoms with Gasteiger partial charge in [0.15, 0.2) is 0 Å². The van der Waals surface area contributed by atoms with Crippen molar-refractivity contribution in [2.24, 2.45) is 0 Å². The molecule has 0 spiro atoms. The van der Waals surface area contributed by atoms with Crippen LogP contribution < -0.4 is 15.6 Å². The van der Waals surface area contributed by atoms with Gasteiger partial charge in [0.25, 0.3) is 5.56 Å². The third kappa shape index (κ3) is 4.50. The average Bonchev–Trinajstić information content (AvgIpc) is 3.69. The number of ether oxygens (including phenoxy) is 1. The molecule has 0 bridgehead atoms. The number of nitrogens with zero attached hydrogens (tertiary/aromatic N) is 6. The Morgan fingerprint density at radius 3 is 2.82 bits per heavy atom. The molecule has 0 saturated carbocycles. The normalized spacial score (nSPS) is 14.3. The number of anilines is 1. The van der Waals surface area contributed by atoms with E-state index in [4.69, 9.17) is 21.4 Å². The number of nitrogens with one attached hydrogen (secondary N) is 2. The molecular formula is C26H21ClN8O4. The molecule has 0 saturated heterocycles. The van der Waals surface area contributed by atoms with Crippen LogP contribution in [0.4, 0.5) is 10.5 Å². The number of aromatic amines is 1. The maximum Gasteiger partial charge on any atom is 0.409 e. The van der Waals surface area contributed by atoms with E-state index < -0.39 is 6.09 Å². The van der Waals surface area contributed by atoms with Crippen LogP contribution in [-0.4, -0.2) is 53.1 Å². The minimum Gasteiger partial charge on any atom is -0.496 e. The van der Waals surface area contributed by atoms with Crippen molar-refractivity contribution < 1.29 is 14.6 Å². The molecule has 2 aromatic carbocycles. The number of pyridine rings is 1. The molecule has 1 atom stereocenters. The number of halogens is 1. The van der Waals surface area contributed by atoms with Crippen LogP contribution in [0.5, 0.6) is 5.75 Å². The number of H-pyrrole nitrogens is 1. The Balaban J connectivity index is 1.34. The molecule has 0 fully saturated rings. The molecule has 0 radical (unpaired) electrons. The van der Waals surface area contributed by atoms with Crippen LogP contribution in [0.15, 0.2) is 65.8 Å². The van der Waals surface area contributed by atoms with E-state index in [1.165, 1.54) is 18.1 Å². The van der Waals surface area contributed by atoms with Gasteiger partial charge in [-0.25, -0.2) is 9.78 Å². The summed E-state index contributed by atoms with van der Waals surface area (Å²) >= 11 is 6.30. The summed E-state index contributed by atoms with van der Waals surface area (Å²) in [6.07, 6.45) is 3.38. The summed E-state index contributed by atoms with van der Waals surface area (Å²) in [6, 6.07) is 13.6. The smallest absolute Gasteiger partial charge is 0.409 e. The molecule has 4 heterocycles. The van der Waals surface area contributed by atoms with E-state index in [0.717, 1.165) is 16.8 Å². The molecular weight excluding hydrogens is 524 g/mol.